The van der Waals surface area contributed by atoms with Gasteiger partial charge < -0.3 is 5.32 Å². The van der Waals surface area contributed by atoms with Gasteiger partial charge in [-0.25, -0.2) is 8.42 Å². The molecule has 1 atom stereocenters. The van der Waals surface area contributed by atoms with Crippen LogP contribution in [-0.4, -0.2) is 31.9 Å². The summed E-state index contributed by atoms with van der Waals surface area (Å²) in [5.41, 5.74) is 0. The van der Waals surface area contributed by atoms with Gasteiger partial charge in [0.15, 0.2) is 9.84 Å². The first kappa shape index (κ1) is 9.96. The Labute approximate surface area is 84.0 Å². The van der Waals surface area contributed by atoms with Crippen molar-refractivity contribution in [3.63, 3.8) is 0 Å². The highest BCUT2D eigenvalue weighted by molar-refractivity contribution is 7.91. The second kappa shape index (κ2) is 3.53. The number of hydrogen-bond acceptors (Lipinski definition) is 3. The van der Waals surface area contributed by atoms with E-state index < -0.39 is 9.84 Å². The van der Waals surface area contributed by atoms with Crippen LogP contribution in [0.4, 0.5) is 0 Å². The summed E-state index contributed by atoms with van der Waals surface area (Å²) in [6.07, 6.45) is 3.64. The van der Waals surface area contributed by atoms with Crippen molar-refractivity contribution in [1.82, 2.24) is 5.32 Å². The van der Waals surface area contributed by atoms with E-state index in [2.05, 4.69) is 5.32 Å². The second-order valence-electron chi connectivity index (χ2n) is 4.24. The summed E-state index contributed by atoms with van der Waals surface area (Å²) in [6.45, 7) is 0. The lowest BCUT2D eigenvalue weighted by Crippen LogP contribution is -2.41. The second-order valence-corrected chi connectivity index (χ2v) is 6.47. The third-order valence-electron chi connectivity index (χ3n) is 3.05. The molecule has 2 fully saturated rings. The molecule has 1 aliphatic carbocycles. The van der Waals surface area contributed by atoms with E-state index in [4.69, 9.17) is 0 Å². The highest BCUT2D eigenvalue weighted by Crippen LogP contribution is 2.26. The third kappa shape index (κ3) is 2.08. The first-order valence-electron chi connectivity index (χ1n) is 5.08. The van der Waals surface area contributed by atoms with Crippen LogP contribution in [0, 0.1) is 5.92 Å². The van der Waals surface area contributed by atoms with Crippen LogP contribution in [0.5, 0.6) is 0 Å². The van der Waals surface area contributed by atoms with Crippen molar-refractivity contribution in [2.45, 2.75) is 31.7 Å². The molecule has 1 N–H and O–H groups in total. The lowest BCUT2D eigenvalue weighted by atomic mass is 9.84. The molecule has 0 spiro atoms. The van der Waals surface area contributed by atoms with Gasteiger partial charge in [-0.2, -0.15) is 0 Å². The quantitative estimate of drug-likeness (QED) is 0.713. The molecule has 1 unspecified atom stereocenters. The van der Waals surface area contributed by atoms with E-state index in [1.807, 2.05) is 0 Å². The van der Waals surface area contributed by atoms with Gasteiger partial charge in [0.2, 0.25) is 5.91 Å². The smallest absolute Gasteiger partial charge is 0.223 e. The summed E-state index contributed by atoms with van der Waals surface area (Å²) in [5, 5.41) is 2.82. The van der Waals surface area contributed by atoms with Gasteiger partial charge in [0, 0.05) is 12.0 Å². The number of carbonyl (C=O) groups excluding carboxylic acids is 1. The zero-order chi connectivity index (χ0) is 10.2. The van der Waals surface area contributed by atoms with Crippen molar-refractivity contribution in [3.05, 3.63) is 0 Å². The molecule has 5 heteroatoms. The van der Waals surface area contributed by atoms with Crippen molar-refractivity contribution in [2.75, 3.05) is 11.5 Å². The highest BCUT2D eigenvalue weighted by atomic mass is 32.2. The maximum atomic E-state index is 11.5. The molecular weight excluding hydrogens is 202 g/mol. The number of amides is 1. The largest absolute Gasteiger partial charge is 0.352 e. The van der Waals surface area contributed by atoms with Crippen molar-refractivity contribution in [2.24, 2.45) is 5.92 Å². The molecular formula is C9H15NO3S. The van der Waals surface area contributed by atoms with Gasteiger partial charge in [-0.05, 0) is 19.3 Å². The molecule has 2 aliphatic rings. The minimum atomic E-state index is -2.87. The fraction of sp³-hybridized carbons (Fsp3) is 0.889. The minimum Gasteiger partial charge on any atom is -0.352 e. The van der Waals surface area contributed by atoms with E-state index in [9.17, 15) is 13.2 Å². The Balaban J connectivity index is 1.84. The van der Waals surface area contributed by atoms with Crippen molar-refractivity contribution in [3.8, 4) is 0 Å². The summed E-state index contributed by atoms with van der Waals surface area (Å²) < 4.78 is 22.2. The Morgan fingerprint density at radius 2 is 1.93 bits per heavy atom. The predicted octanol–water partition coefficient (Wildman–Crippen LogP) is 0.0898. The van der Waals surface area contributed by atoms with Crippen LogP contribution in [0.15, 0.2) is 0 Å². The molecule has 1 heterocycles. The zero-order valence-electron chi connectivity index (χ0n) is 8.03. The maximum absolute atomic E-state index is 11.5. The molecule has 0 bridgehead atoms. The van der Waals surface area contributed by atoms with Crippen molar-refractivity contribution in [1.29, 1.82) is 0 Å². The average Bonchev–Trinajstić information content (AvgIpc) is 2.25. The van der Waals surface area contributed by atoms with Gasteiger partial charge in [0.25, 0.3) is 0 Å². The van der Waals surface area contributed by atoms with E-state index >= 15 is 0 Å². The summed E-state index contributed by atoms with van der Waals surface area (Å²) >= 11 is 0. The monoisotopic (exact) mass is 217 g/mol. The summed E-state index contributed by atoms with van der Waals surface area (Å²) in [5.74, 6) is 0.560. The topological polar surface area (TPSA) is 63.2 Å². The standard InChI is InChI=1S/C9H15NO3S/c11-9(7-2-1-3-7)10-8-4-5-14(12,13)6-8/h7-8H,1-6H2,(H,10,11). The Morgan fingerprint density at radius 1 is 1.21 bits per heavy atom. The van der Waals surface area contributed by atoms with E-state index in [0.717, 1.165) is 19.3 Å². The van der Waals surface area contributed by atoms with Crippen LogP contribution in [0.1, 0.15) is 25.7 Å². The van der Waals surface area contributed by atoms with Gasteiger partial charge in [-0.15, -0.1) is 0 Å². The van der Waals surface area contributed by atoms with E-state index in [1.54, 1.807) is 0 Å². The lowest BCUT2D eigenvalue weighted by Gasteiger charge is -2.25. The van der Waals surface area contributed by atoms with Crippen LogP contribution in [-0.2, 0) is 14.6 Å². The average molecular weight is 217 g/mol. The Bertz CT molecular complexity index is 332. The fourth-order valence-electron chi connectivity index (χ4n) is 1.90. The van der Waals surface area contributed by atoms with Gasteiger partial charge in [-0.1, -0.05) is 6.42 Å². The molecule has 1 aliphatic heterocycles. The first-order chi connectivity index (χ1) is 6.57. The Hall–Kier alpha value is -0.580. The van der Waals surface area contributed by atoms with Crippen LogP contribution < -0.4 is 5.32 Å². The molecule has 0 aromatic heterocycles. The Morgan fingerprint density at radius 3 is 2.36 bits per heavy atom. The molecule has 1 saturated carbocycles. The molecule has 1 saturated heterocycles. The third-order valence-corrected chi connectivity index (χ3v) is 4.82. The molecule has 80 valence electrons. The normalized spacial score (nSPS) is 31.0. The summed E-state index contributed by atoms with van der Waals surface area (Å²) in [7, 11) is -2.87. The minimum absolute atomic E-state index is 0.0540. The van der Waals surface area contributed by atoms with E-state index in [0.29, 0.717) is 6.42 Å². The van der Waals surface area contributed by atoms with Crippen molar-refractivity contribution >= 4 is 15.7 Å². The number of sulfone groups is 1. The highest BCUT2D eigenvalue weighted by Gasteiger charge is 2.32. The predicted molar refractivity (Wildman–Crippen MR) is 52.5 cm³/mol. The van der Waals surface area contributed by atoms with E-state index in [-0.39, 0.29) is 29.4 Å². The SMILES string of the molecule is O=C(NC1CCS(=O)(=O)C1)C1CCC1. The van der Waals surface area contributed by atoms with Crippen LogP contribution in [0.25, 0.3) is 0 Å². The molecule has 2 rings (SSSR count). The number of rotatable bonds is 2. The van der Waals surface area contributed by atoms with Gasteiger partial charge in [0.1, 0.15) is 0 Å². The molecule has 4 nitrogen and oxygen atoms in total. The molecule has 0 aromatic carbocycles. The van der Waals surface area contributed by atoms with Gasteiger partial charge in [-0.3, -0.25) is 4.79 Å². The van der Waals surface area contributed by atoms with Crippen molar-refractivity contribution < 1.29 is 13.2 Å². The van der Waals surface area contributed by atoms with Crippen LogP contribution in [0.3, 0.4) is 0 Å². The van der Waals surface area contributed by atoms with Crippen LogP contribution in [0.2, 0.25) is 0 Å². The summed E-state index contributed by atoms with van der Waals surface area (Å²) in [6, 6.07) is -0.131. The number of nitrogens with one attached hydrogen (secondary N) is 1. The number of hydrogen-bond donors (Lipinski definition) is 1. The lowest BCUT2D eigenvalue weighted by molar-refractivity contribution is -0.127. The molecule has 0 radical (unpaired) electrons. The van der Waals surface area contributed by atoms with Crippen LogP contribution >= 0.6 is 0 Å². The maximum Gasteiger partial charge on any atom is 0.223 e. The van der Waals surface area contributed by atoms with Gasteiger partial charge >= 0.3 is 0 Å². The fourth-order valence-corrected chi connectivity index (χ4v) is 3.57. The summed E-state index contributed by atoms with van der Waals surface area (Å²) in [4.78, 5) is 11.5. The van der Waals surface area contributed by atoms with E-state index in [1.165, 1.54) is 0 Å². The van der Waals surface area contributed by atoms with Gasteiger partial charge in [0.05, 0.1) is 11.5 Å². The molecule has 1 amide bonds. The Kier molecular flexibility index (Phi) is 2.51. The number of carbonyl (C=O) groups is 1. The first-order valence-corrected chi connectivity index (χ1v) is 6.90. The molecule has 14 heavy (non-hydrogen) atoms. The molecule has 0 aromatic rings. The zero-order valence-corrected chi connectivity index (χ0v) is 8.85.